The van der Waals surface area contributed by atoms with Crippen molar-refractivity contribution < 1.29 is 70.2 Å². The molecular weight excluding hydrogens is 797 g/mol. The summed E-state index contributed by atoms with van der Waals surface area (Å²) in [6.07, 6.45) is 2.37. The number of hydrogen-bond acceptors (Lipinski definition) is 16. The van der Waals surface area contributed by atoms with Gasteiger partial charge in [-0.2, -0.15) is 8.62 Å². The van der Waals surface area contributed by atoms with Gasteiger partial charge in [-0.25, -0.2) is 28.5 Å². The summed E-state index contributed by atoms with van der Waals surface area (Å²) in [4.78, 5) is 63.5. The second-order valence-electron chi connectivity index (χ2n) is 11.5. The largest absolute Gasteiger partial charge is 0.490 e. The number of phosphoric acid groups is 3. The minimum absolute atomic E-state index is 0.0234. The molecule has 0 bridgehead atoms. The number of carbonyl (C=O) groups is 1. The maximum Gasteiger partial charge on any atom is 0.490 e. The first-order chi connectivity index (χ1) is 26.1. The number of nitrogen functional groups attached to an aromatic ring is 1. The zero-order chi connectivity index (χ0) is 39.8. The fourth-order valence-corrected chi connectivity index (χ4v) is 8.35. The lowest BCUT2D eigenvalue weighted by molar-refractivity contribution is -0.0582. The molecule has 1 saturated carbocycles. The maximum atomic E-state index is 13.0. The Morgan fingerprint density at radius 3 is 2.55 bits per heavy atom. The third kappa shape index (κ3) is 11.5. The number of carbonyl (C=O) groups excluding carboxylic acids is 1. The number of ether oxygens (including phenoxy) is 4. The van der Waals surface area contributed by atoms with Gasteiger partial charge in [0.05, 0.1) is 41.9 Å². The van der Waals surface area contributed by atoms with Crippen molar-refractivity contribution in [2.75, 3.05) is 25.7 Å². The molecule has 3 unspecified atom stereocenters. The molecule has 2 aliphatic rings. The summed E-state index contributed by atoms with van der Waals surface area (Å²) in [6.45, 7) is -1.87. The molecule has 1 aliphatic carbocycles. The minimum atomic E-state index is -5.79. The van der Waals surface area contributed by atoms with Crippen molar-refractivity contribution in [3.05, 3.63) is 68.3 Å². The predicted molar refractivity (Wildman–Crippen MR) is 184 cm³/mol. The van der Waals surface area contributed by atoms with Crippen LogP contribution in [-0.2, 0) is 47.6 Å². The van der Waals surface area contributed by atoms with E-state index in [0.717, 1.165) is 19.3 Å². The lowest BCUT2D eigenvalue weighted by Gasteiger charge is -2.26. The Bertz CT molecular complexity index is 2230. The molecule has 294 valence electrons. The van der Waals surface area contributed by atoms with Crippen molar-refractivity contribution in [3.8, 4) is 17.6 Å². The van der Waals surface area contributed by atoms with Gasteiger partial charge in [0, 0.05) is 22.4 Å². The number of azide groups is 2. The molecule has 28 heteroatoms. The number of hydrogen-bond donors (Lipinski definition) is 5. The summed E-state index contributed by atoms with van der Waals surface area (Å²) in [5, 5.41) is 7.13. The first-order valence-corrected chi connectivity index (χ1v) is 20.2. The fourth-order valence-electron chi connectivity index (χ4n) is 5.32. The monoisotopic (exact) mass is 828 g/mol. The summed E-state index contributed by atoms with van der Waals surface area (Å²) in [7, 11) is -16.9. The van der Waals surface area contributed by atoms with Crippen LogP contribution >= 0.6 is 23.5 Å². The van der Waals surface area contributed by atoms with E-state index >= 15 is 0 Å². The first-order valence-electron chi connectivity index (χ1n) is 15.7. The van der Waals surface area contributed by atoms with Gasteiger partial charge in [0.25, 0.3) is 0 Å². The Kier molecular flexibility index (Phi) is 13.5. The molecule has 25 nitrogen and oxygen atoms in total. The quantitative estimate of drug-likeness (QED) is 0.0317. The average Bonchev–Trinajstić information content (AvgIpc) is 3.66. The third-order valence-electron chi connectivity index (χ3n) is 7.81. The van der Waals surface area contributed by atoms with Gasteiger partial charge in [0.2, 0.25) is 0 Å². The lowest BCUT2D eigenvalue weighted by Crippen LogP contribution is -2.29. The van der Waals surface area contributed by atoms with Crippen LogP contribution in [0.3, 0.4) is 0 Å². The molecular formula is C27H31N10O15P3. The Hall–Kier alpha value is -4.58. The van der Waals surface area contributed by atoms with Gasteiger partial charge in [-0.15, -0.1) is 0 Å². The Balaban J connectivity index is 1.31. The van der Waals surface area contributed by atoms with E-state index in [1.807, 2.05) is 0 Å². The second-order valence-corrected chi connectivity index (χ2v) is 15.9. The van der Waals surface area contributed by atoms with Crippen molar-refractivity contribution in [1.82, 2.24) is 14.5 Å². The SMILES string of the molecule is [N-]=[N+]=NCOC1C[C@H](n2cc(C#CCOC(=O)c3ccc(OC4CCC4)cc3CN=[N+]=[N-])c3c(N)ncnc32)O[C@@H]1COP(=O)(O)OP(=O)(O)OP(=O)(O)O. The number of benzene rings is 1. The zero-order valence-electron chi connectivity index (χ0n) is 28.1. The van der Waals surface area contributed by atoms with Crippen molar-refractivity contribution in [1.29, 1.82) is 0 Å². The van der Waals surface area contributed by atoms with Crippen LogP contribution in [0.1, 0.15) is 53.4 Å². The highest BCUT2D eigenvalue weighted by Crippen LogP contribution is 2.66. The molecule has 55 heavy (non-hydrogen) atoms. The number of fused-ring (bicyclic) bond motifs is 1. The summed E-state index contributed by atoms with van der Waals surface area (Å²) in [6, 6.07) is 4.76. The van der Waals surface area contributed by atoms with Gasteiger partial charge < -0.3 is 48.8 Å². The molecule has 1 aromatic carbocycles. The number of nitrogens with two attached hydrogens (primary N) is 1. The van der Waals surface area contributed by atoms with Crippen molar-refractivity contribution in [2.45, 2.75) is 56.8 Å². The Morgan fingerprint density at radius 1 is 1.09 bits per heavy atom. The van der Waals surface area contributed by atoms with Crippen LogP contribution in [0.4, 0.5) is 5.82 Å². The van der Waals surface area contributed by atoms with E-state index < -0.39 is 61.2 Å². The highest BCUT2D eigenvalue weighted by atomic mass is 31.3. The molecule has 3 heterocycles. The number of nitrogens with zero attached hydrogens (tertiary/aromatic N) is 9. The Labute approximate surface area is 309 Å². The van der Waals surface area contributed by atoms with Crippen molar-refractivity contribution in [3.63, 3.8) is 0 Å². The van der Waals surface area contributed by atoms with Crippen molar-refractivity contribution >= 4 is 46.3 Å². The number of anilines is 1. The molecule has 6 N–H and O–H groups in total. The van der Waals surface area contributed by atoms with E-state index in [4.69, 9.17) is 50.1 Å². The van der Waals surface area contributed by atoms with E-state index in [2.05, 4.69) is 50.5 Å². The average molecular weight is 829 g/mol. The van der Waals surface area contributed by atoms with Crippen LogP contribution in [0.25, 0.3) is 31.9 Å². The lowest BCUT2D eigenvalue weighted by atomic mass is 9.96. The third-order valence-corrected chi connectivity index (χ3v) is 11.6. The minimum Gasteiger partial charge on any atom is -0.490 e. The van der Waals surface area contributed by atoms with E-state index in [9.17, 15) is 28.3 Å². The normalized spacial score (nSPS) is 20.5. The summed E-state index contributed by atoms with van der Waals surface area (Å²) >= 11 is 0. The fraction of sp³-hybridized carbons (Fsp3) is 0.444. The molecule has 5 atom stereocenters. The number of rotatable bonds is 17. The van der Waals surface area contributed by atoms with Crippen LogP contribution in [0.15, 0.2) is 41.0 Å². The van der Waals surface area contributed by atoms with Gasteiger partial charge in [-0.1, -0.05) is 22.1 Å². The van der Waals surface area contributed by atoms with Crippen LogP contribution in [0.2, 0.25) is 0 Å². The molecule has 1 saturated heterocycles. The maximum absolute atomic E-state index is 13.0. The molecule has 5 rings (SSSR count). The topological polar surface area (TPSA) is 368 Å². The van der Waals surface area contributed by atoms with E-state index in [1.165, 1.54) is 23.2 Å². The van der Waals surface area contributed by atoms with Crippen LogP contribution in [0, 0.1) is 11.8 Å². The van der Waals surface area contributed by atoms with E-state index in [0.29, 0.717) is 11.3 Å². The van der Waals surface area contributed by atoms with Crippen LogP contribution in [0.5, 0.6) is 5.75 Å². The Morgan fingerprint density at radius 2 is 1.85 bits per heavy atom. The summed E-state index contributed by atoms with van der Waals surface area (Å²) in [5.74, 6) is 5.41. The highest BCUT2D eigenvalue weighted by Gasteiger charge is 2.43. The summed E-state index contributed by atoms with van der Waals surface area (Å²) < 4.78 is 71.5. The number of aromatic nitrogens is 3. The molecule has 0 radical (unpaired) electrons. The van der Waals surface area contributed by atoms with Gasteiger partial charge in [-0.05, 0) is 54.1 Å². The molecule has 0 amide bonds. The zero-order valence-corrected chi connectivity index (χ0v) is 30.8. The molecule has 3 aromatic rings. The second kappa shape index (κ2) is 17.9. The van der Waals surface area contributed by atoms with E-state index in [1.54, 1.807) is 12.1 Å². The molecule has 0 spiro atoms. The highest BCUT2D eigenvalue weighted by molar-refractivity contribution is 7.66. The van der Waals surface area contributed by atoms with Crippen LogP contribution < -0.4 is 10.5 Å². The molecule has 2 aromatic heterocycles. The van der Waals surface area contributed by atoms with Crippen molar-refractivity contribution in [2.24, 2.45) is 10.2 Å². The predicted octanol–water partition coefficient (Wildman–Crippen LogP) is 4.25. The first kappa shape index (κ1) is 41.6. The van der Waals surface area contributed by atoms with Gasteiger partial charge >= 0.3 is 29.4 Å². The summed E-state index contributed by atoms with van der Waals surface area (Å²) in [5.41, 5.74) is 24.7. The molecule has 1 aliphatic heterocycles. The van der Waals surface area contributed by atoms with E-state index in [-0.39, 0.29) is 53.7 Å². The number of esters is 1. The number of phosphoric ester groups is 1. The van der Waals surface area contributed by atoms with Crippen LogP contribution in [-0.4, -0.2) is 78.3 Å². The van der Waals surface area contributed by atoms with Gasteiger partial charge in [0.1, 0.15) is 42.6 Å². The van der Waals surface area contributed by atoms with Gasteiger partial charge in [-0.3, -0.25) is 4.52 Å². The molecule has 2 fully saturated rings. The van der Waals surface area contributed by atoms with Gasteiger partial charge in [0.15, 0.2) is 6.61 Å². The standard InChI is InChI=1S/C27H31N10O15P3/c28-25-24-16(3-2-8-46-27(38)20-7-6-19(49-18-4-1-5-18)9-17(20)11-33-35-29)12-37(26(24)32-14-31-25)23-10-21(47-15-34-36-30)22(50-23)13-48-54(42,43)52-55(44,45)51-53(39,40)41/h6-7,9,12,14,18,21-23H,1,4-5,8,10-11,13,15H2,(H,42,43)(H,44,45)(H2,28,31,32)(H2,39,40,41)/t21?,22-,23-/m1/s1. The smallest absolute Gasteiger partial charge is 0.490 e.